The number of halogens is 2. The van der Waals surface area contributed by atoms with Crippen molar-refractivity contribution in [2.75, 3.05) is 0 Å². The first-order valence-electron chi connectivity index (χ1n) is 8.90. The predicted octanol–water partition coefficient (Wildman–Crippen LogP) is 4.36. The van der Waals surface area contributed by atoms with Crippen LogP contribution in [0.15, 0.2) is 68.6 Å². The van der Waals surface area contributed by atoms with Crippen LogP contribution in [0.4, 0.5) is 0 Å². The molecule has 0 aliphatic heterocycles. The van der Waals surface area contributed by atoms with Crippen LogP contribution in [-0.4, -0.2) is 24.9 Å². The number of fused-ring (bicyclic) bond motifs is 1. The molecule has 0 unspecified atom stereocenters. The van der Waals surface area contributed by atoms with E-state index in [1.165, 1.54) is 4.57 Å². The standard InChI is InChI=1S/C21H16Br2N4O2/c1-13-24-19-18(20(29)26(13)12-17(28)14-7-3-2-4-8-14)27(21(23)25-19)11-15-9-5-6-10-16(15)22/h2-10H,11-12H2,1H3. The van der Waals surface area contributed by atoms with Gasteiger partial charge >= 0.3 is 0 Å². The maximum Gasteiger partial charge on any atom is 0.280 e. The van der Waals surface area contributed by atoms with Crippen molar-refractivity contribution in [1.29, 1.82) is 0 Å². The zero-order chi connectivity index (χ0) is 20.5. The molecule has 0 aliphatic carbocycles. The first-order valence-corrected chi connectivity index (χ1v) is 10.5. The summed E-state index contributed by atoms with van der Waals surface area (Å²) < 4.78 is 4.63. The number of carbonyl (C=O) groups excluding carboxylic acids is 1. The molecule has 0 saturated carbocycles. The number of imidazole rings is 1. The first-order chi connectivity index (χ1) is 14.0. The van der Waals surface area contributed by atoms with E-state index in [-0.39, 0.29) is 17.9 Å². The lowest BCUT2D eigenvalue weighted by atomic mass is 10.1. The molecule has 2 heterocycles. The molecule has 0 bridgehead atoms. The van der Waals surface area contributed by atoms with Gasteiger partial charge in [0.2, 0.25) is 0 Å². The van der Waals surface area contributed by atoms with Gasteiger partial charge in [-0.3, -0.25) is 14.2 Å². The molecule has 4 rings (SSSR count). The Hall–Kier alpha value is -2.58. The van der Waals surface area contributed by atoms with Crippen molar-refractivity contribution in [1.82, 2.24) is 19.1 Å². The molecular formula is C21H16Br2N4O2. The number of nitrogens with zero attached hydrogens (tertiary/aromatic N) is 4. The Morgan fingerprint density at radius 2 is 1.66 bits per heavy atom. The molecule has 146 valence electrons. The number of hydrogen-bond acceptors (Lipinski definition) is 4. The fourth-order valence-electron chi connectivity index (χ4n) is 3.18. The van der Waals surface area contributed by atoms with Crippen molar-refractivity contribution in [3.63, 3.8) is 0 Å². The molecule has 4 aromatic rings. The summed E-state index contributed by atoms with van der Waals surface area (Å²) in [6.45, 7) is 2.07. The van der Waals surface area contributed by atoms with Crippen LogP contribution >= 0.6 is 31.9 Å². The van der Waals surface area contributed by atoms with Gasteiger partial charge in [-0.1, -0.05) is 64.5 Å². The number of benzene rings is 2. The molecule has 0 N–H and O–H groups in total. The van der Waals surface area contributed by atoms with Crippen molar-refractivity contribution in [2.45, 2.75) is 20.0 Å². The lowest BCUT2D eigenvalue weighted by molar-refractivity contribution is 0.0969. The fraction of sp³-hybridized carbons (Fsp3) is 0.143. The van der Waals surface area contributed by atoms with E-state index in [1.54, 1.807) is 35.8 Å². The Kier molecular flexibility index (Phi) is 5.47. The van der Waals surface area contributed by atoms with Gasteiger partial charge in [0.1, 0.15) is 5.82 Å². The van der Waals surface area contributed by atoms with E-state index in [0.29, 0.717) is 33.8 Å². The molecule has 2 aromatic carbocycles. The summed E-state index contributed by atoms with van der Waals surface area (Å²) in [7, 11) is 0. The molecule has 6 nitrogen and oxygen atoms in total. The highest BCUT2D eigenvalue weighted by Crippen LogP contribution is 2.22. The molecule has 0 saturated heterocycles. The minimum atomic E-state index is -0.290. The van der Waals surface area contributed by atoms with Crippen molar-refractivity contribution in [2.24, 2.45) is 0 Å². The Labute approximate surface area is 183 Å². The van der Waals surface area contributed by atoms with Crippen LogP contribution in [0.5, 0.6) is 0 Å². The highest BCUT2D eigenvalue weighted by molar-refractivity contribution is 9.10. The monoisotopic (exact) mass is 514 g/mol. The van der Waals surface area contributed by atoms with E-state index in [4.69, 9.17) is 0 Å². The molecule has 0 amide bonds. The van der Waals surface area contributed by atoms with Gasteiger partial charge in [-0.15, -0.1) is 0 Å². The smallest absolute Gasteiger partial charge is 0.280 e. The molecule has 29 heavy (non-hydrogen) atoms. The summed E-state index contributed by atoms with van der Waals surface area (Å²) in [5.74, 6) is 0.303. The quantitative estimate of drug-likeness (QED) is 0.292. The van der Waals surface area contributed by atoms with E-state index >= 15 is 0 Å². The van der Waals surface area contributed by atoms with Gasteiger partial charge in [0.15, 0.2) is 21.7 Å². The van der Waals surface area contributed by atoms with Gasteiger partial charge < -0.3 is 4.57 Å². The third-order valence-electron chi connectivity index (χ3n) is 4.69. The van der Waals surface area contributed by atoms with E-state index in [2.05, 4.69) is 41.8 Å². The normalized spacial score (nSPS) is 11.1. The zero-order valence-corrected chi connectivity index (χ0v) is 18.6. The van der Waals surface area contributed by atoms with Gasteiger partial charge in [-0.05, 0) is 34.5 Å². The minimum absolute atomic E-state index is 0.0740. The van der Waals surface area contributed by atoms with Crippen molar-refractivity contribution in [3.05, 3.63) is 91.1 Å². The summed E-state index contributed by atoms with van der Waals surface area (Å²) in [5.41, 5.74) is 1.98. The van der Waals surface area contributed by atoms with Crippen LogP contribution in [0.3, 0.4) is 0 Å². The second kappa shape index (κ2) is 8.04. The number of aryl methyl sites for hydroxylation is 1. The van der Waals surface area contributed by atoms with Gasteiger partial charge in [-0.25, -0.2) is 9.97 Å². The second-order valence-corrected chi connectivity index (χ2v) is 8.13. The fourth-order valence-corrected chi connectivity index (χ4v) is 4.06. The topological polar surface area (TPSA) is 69.8 Å². The summed E-state index contributed by atoms with van der Waals surface area (Å²) in [4.78, 5) is 34.8. The van der Waals surface area contributed by atoms with Gasteiger partial charge in [0.05, 0.1) is 13.1 Å². The lowest BCUT2D eigenvalue weighted by Gasteiger charge is -2.11. The number of ketones is 1. The number of Topliss-reactive ketones (excluding diaryl/α,β-unsaturated/α-hetero) is 1. The van der Waals surface area contributed by atoms with E-state index in [9.17, 15) is 9.59 Å². The van der Waals surface area contributed by atoms with Crippen molar-refractivity contribution < 1.29 is 4.79 Å². The lowest BCUT2D eigenvalue weighted by Crippen LogP contribution is -2.28. The Bertz CT molecular complexity index is 1280. The molecule has 0 atom stereocenters. The molecule has 0 spiro atoms. The molecule has 8 heteroatoms. The summed E-state index contributed by atoms with van der Waals surface area (Å²) in [6.07, 6.45) is 0. The Balaban J connectivity index is 1.80. The summed E-state index contributed by atoms with van der Waals surface area (Å²) in [5, 5.41) is 0. The largest absolute Gasteiger partial charge is 0.308 e. The van der Waals surface area contributed by atoms with Gasteiger partial charge in [0.25, 0.3) is 5.56 Å². The average Bonchev–Trinajstić information content (AvgIpc) is 3.02. The Morgan fingerprint density at radius 3 is 2.38 bits per heavy atom. The molecule has 0 aliphatic rings. The Morgan fingerprint density at radius 1 is 0.966 bits per heavy atom. The van der Waals surface area contributed by atoms with Gasteiger partial charge in [-0.2, -0.15) is 0 Å². The van der Waals surface area contributed by atoms with Gasteiger partial charge in [0, 0.05) is 10.0 Å². The third kappa shape index (κ3) is 3.82. The third-order valence-corrected chi connectivity index (χ3v) is 6.07. The zero-order valence-electron chi connectivity index (χ0n) is 15.5. The van der Waals surface area contributed by atoms with Crippen LogP contribution in [0.2, 0.25) is 0 Å². The van der Waals surface area contributed by atoms with Crippen molar-refractivity contribution in [3.8, 4) is 0 Å². The molecule has 2 aromatic heterocycles. The van der Waals surface area contributed by atoms with Crippen LogP contribution in [-0.2, 0) is 13.1 Å². The van der Waals surface area contributed by atoms with Crippen LogP contribution < -0.4 is 5.56 Å². The van der Waals surface area contributed by atoms with E-state index in [0.717, 1.165) is 10.0 Å². The summed E-state index contributed by atoms with van der Waals surface area (Å²) >= 11 is 6.99. The minimum Gasteiger partial charge on any atom is -0.308 e. The predicted molar refractivity (Wildman–Crippen MR) is 118 cm³/mol. The van der Waals surface area contributed by atoms with Crippen LogP contribution in [0.1, 0.15) is 21.7 Å². The number of rotatable bonds is 5. The highest BCUT2D eigenvalue weighted by Gasteiger charge is 2.19. The molecule has 0 fully saturated rings. The maximum absolute atomic E-state index is 13.3. The maximum atomic E-state index is 13.3. The average molecular weight is 516 g/mol. The second-order valence-electron chi connectivity index (χ2n) is 6.57. The number of hydrogen-bond donors (Lipinski definition) is 0. The number of aromatic nitrogens is 4. The van der Waals surface area contributed by atoms with Crippen molar-refractivity contribution >= 4 is 48.8 Å². The highest BCUT2D eigenvalue weighted by atomic mass is 79.9. The van der Waals surface area contributed by atoms with Crippen LogP contribution in [0, 0.1) is 6.92 Å². The SMILES string of the molecule is Cc1nc2nc(Br)n(Cc3ccccc3Br)c2c(=O)n1CC(=O)c1ccccc1. The summed E-state index contributed by atoms with van der Waals surface area (Å²) in [6, 6.07) is 16.7. The molecule has 0 radical (unpaired) electrons. The van der Waals surface area contributed by atoms with Crippen LogP contribution in [0.25, 0.3) is 11.2 Å². The number of carbonyl (C=O) groups is 1. The van der Waals surface area contributed by atoms with E-state index in [1.807, 2.05) is 30.3 Å². The van der Waals surface area contributed by atoms with E-state index < -0.39 is 0 Å². The first kappa shape index (κ1) is 19.7. The molecular weight excluding hydrogens is 500 g/mol.